The highest BCUT2D eigenvalue weighted by Gasteiger charge is 2.35. The molecule has 1 saturated heterocycles. The van der Waals surface area contributed by atoms with E-state index in [0.29, 0.717) is 25.3 Å². The Morgan fingerprint density at radius 2 is 1.70 bits per heavy atom. The van der Waals surface area contributed by atoms with Gasteiger partial charge in [0, 0.05) is 13.2 Å². The maximum absolute atomic E-state index is 12.0. The third-order valence-electron chi connectivity index (χ3n) is 4.43. The normalized spacial score (nSPS) is 33.9. The molecule has 3 N–H and O–H groups in total. The van der Waals surface area contributed by atoms with Gasteiger partial charge in [0.05, 0.1) is 0 Å². The fourth-order valence-electron chi connectivity index (χ4n) is 3.15. The largest absolute Gasteiger partial charge is 0.479 e. The van der Waals surface area contributed by atoms with Crippen LogP contribution in [0.3, 0.4) is 0 Å². The van der Waals surface area contributed by atoms with Crippen LogP contribution in [-0.2, 0) is 14.3 Å². The van der Waals surface area contributed by atoms with Gasteiger partial charge in [0.1, 0.15) is 6.10 Å². The highest BCUT2D eigenvalue weighted by Crippen LogP contribution is 2.29. The van der Waals surface area contributed by atoms with Gasteiger partial charge in [-0.25, -0.2) is 4.79 Å². The fraction of sp³-hybridized carbons (Fsp3) is 0.857. The SMILES string of the molecule is O=C(O)C1CCC(C(=O)NCC2CCCCC2CO)O1. The minimum Gasteiger partial charge on any atom is -0.479 e. The van der Waals surface area contributed by atoms with Crippen LogP contribution >= 0.6 is 0 Å². The first kappa shape index (κ1) is 15.3. The molecule has 2 fully saturated rings. The van der Waals surface area contributed by atoms with Crippen LogP contribution in [0.5, 0.6) is 0 Å². The lowest BCUT2D eigenvalue weighted by atomic mass is 9.79. The molecule has 0 bridgehead atoms. The molecular weight excluding hydrogens is 262 g/mol. The van der Waals surface area contributed by atoms with Crippen LogP contribution < -0.4 is 5.32 Å². The first-order valence-corrected chi connectivity index (χ1v) is 7.38. The number of nitrogens with one attached hydrogen (secondary N) is 1. The molecule has 4 unspecified atom stereocenters. The number of aliphatic hydroxyl groups excluding tert-OH is 1. The van der Waals surface area contributed by atoms with E-state index in [1.54, 1.807) is 0 Å². The number of carboxylic acids is 1. The fourth-order valence-corrected chi connectivity index (χ4v) is 3.15. The van der Waals surface area contributed by atoms with E-state index < -0.39 is 18.2 Å². The standard InChI is InChI=1S/C14H23NO5/c16-8-10-4-2-1-3-9(10)7-15-13(17)11-5-6-12(20-11)14(18)19/h9-12,16H,1-8H2,(H,15,17)(H,18,19). The van der Waals surface area contributed by atoms with Gasteiger partial charge >= 0.3 is 5.97 Å². The van der Waals surface area contributed by atoms with Crippen molar-refractivity contribution in [2.45, 2.75) is 50.7 Å². The van der Waals surface area contributed by atoms with E-state index in [2.05, 4.69) is 5.32 Å². The van der Waals surface area contributed by atoms with Gasteiger partial charge in [0.25, 0.3) is 0 Å². The average Bonchev–Trinajstić information content (AvgIpc) is 2.95. The van der Waals surface area contributed by atoms with Crippen LogP contribution in [0.15, 0.2) is 0 Å². The molecule has 1 saturated carbocycles. The Hall–Kier alpha value is -1.14. The van der Waals surface area contributed by atoms with Gasteiger partial charge in [0.15, 0.2) is 6.10 Å². The summed E-state index contributed by atoms with van der Waals surface area (Å²) in [6, 6.07) is 0. The zero-order valence-corrected chi connectivity index (χ0v) is 11.6. The molecule has 0 aromatic rings. The van der Waals surface area contributed by atoms with Crippen LogP contribution in [0, 0.1) is 11.8 Å². The number of aliphatic carboxylic acids is 1. The van der Waals surface area contributed by atoms with Crippen LogP contribution in [-0.4, -0.2) is 47.4 Å². The first-order chi connectivity index (χ1) is 9.61. The van der Waals surface area contributed by atoms with Crippen molar-refractivity contribution < 1.29 is 24.5 Å². The van der Waals surface area contributed by atoms with Crippen molar-refractivity contribution in [3.63, 3.8) is 0 Å². The molecule has 0 aromatic heterocycles. The highest BCUT2D eigenvalue weighted by molar-refractivity contribution is 5.82. The number of carbonyl (C=O) groups excluding carboxylic acids is 1. The number of carboxylic acid groups (broad SMARTS) is 1. The second-order valence-electron chi connectivity index (χ2n) is 5.76. The van der Waals surface area contributed by atoms with E-state index in [9.17, 15) is 14.7 Å². The summed E-state index contributed by atoms with van der Waals surface area (Å²) in [5.74, 6) is -0.654. The van der Waals surface area contributed by atoms with E-state index in [1.807, 2.05) is 0 Å². The Balaban J connectivity index is 1.76. The van der Waals surface area contributed by atoms with Gasteiger partial charge < -0.3 is 20.3 Å². The average molecular weight is 285 g/mol. The zero-order chi connectivity index (χ0) is 14.5. The predicted molar refractivity (Wildman–Crippen MR) is 71.1 cm³/mol. The van der Waals surface area contributed by atoms with Gasteiger partial charge in [-0.05, 0) is 37.5 Å². The van der Waals surface area contributed by atoms with Crippen LogP contribution in [0.25, 0.3) is 0 Å². The third kappa shape index (κ3) is 3.70. The van der Waals surface area contributed by atoms with Crippen molar-refractivity contribution in [1.82, 2.24) is 5.32 Å². The molecule has 6 heteroatoms. The summed E-state index contributed by atoms with van der Waals surface area (Å²) in [4.78, 5) is 22.7. The van der Waals surface area contributed by atoms with Crippen molar-refractivity contribution in [3.05, 3.63) is 0 Å². The maximum atomic E-state index is 12.0. The summed E-state index contributed by atoms with van der Waals surface area (Å²) in [5.41, 5.74) is 0. The van der Waals surface area contributed by atoms with E-state index in [-0.39, 0.29) is 18.4 Å². The number of hydrogen-bond donors (Lipinski definition) is 3. The highest BCUT2D eigenvalue weighted by atomic mass is 16.5. The number of hydrogen-bond acceptors (Lipinski definition) is 4. The topological polar surface area (TPSA) is 95.9 Å². The smallest absolute Gasteiger partial charge is 0.332 e. The van der Waals surface area contributed by atoms with Crippen molar-refractivity contribution in [2.75, 3.05) is 13.2 Å². The molecular formula is C14H23NO5. The summed E-state index contributed by atoms with van der Waals surface area (Å²) in [7, 11) is 0. The number of amides is 1. The maximum Gasteiger partial charge on any atom is 0.332 e. The van der Waals surface area contributed by atoms with Gasteiger partial charge in [0.2, 0.25) is 5.91 Å². The molecule has 4 atom stereocenters. The molecule has 2 rings (SSSR count). The molecule has 6 nitrogen and oxygen atoms in total. The Morgan fingerprint density at radius 3 is 2.30 bits per heavy atom. The molecule has 0 aromatic carbocycles. The lowest BCUT2D eigenvalue weighted by Crippen LogP contribution is -2.40. The van der Waals surface area contributed by atoms with Crippen molar-refractivity contribution in [2.24, 2.45) is 11.8 Å². The van der Waals surface area contributed by atoms with Gasteiger partial charge in [-0.15, -0.1) is 0 Å². The number of rotatable bonds is 5. The monoisotopic (exact) mass is 285 g/mol. The number of aliphatic hydroxyl groups is 1. The molecule has 0 radical (unpaired) electrons. The van der Waals surface area contributed by atoms with Crippen molar-refractivity contribution >= 4 is 11.9 Å². The predicted octanol–water partition coefficient (Wildman–Crippen LogP) is 0.533. The van der Waals surface area contributed by atoms with E-state index >= 15 is 0 Å². The zero-order valence-electron chi connectivity index (χ0n) is 11.6. The van der Waals surface area contributed by atoms with E-state index in [4.69, 9.17) is 9.84 Å². The van der Waals surface area contributed by atoms with Crippen LogP contribution in [0.1, 0.15) is 38.5 Å². The van der Waals surface area contributed by atoms with Gasteiger partial charge in [-0.1, -0.05) is 12.8 Å². The Labute approximate surface area is 118 Å². The molecule has 2 aliphatic rings. The Morgan fingerprint density at radius 1 is 1.05 bits per heavy atom. The lowest BCUT2D eigenvalue weighted by Gasteiger charge is -2.30. The minimum atomic E-state index is -1.01. The van der Waals surface area contributed by atoms with Gasteiger partial charge in [-0.3, -0.25) is 4.79 Å². The second kappa shape index (κ2) is 7.04. The Kier molecular flexibility index (Phi) is 5.37. The third-order valence-corrected chi connectivity index (χ3v) is 4.43. The van der Waals surface area contributed by atoms with Crippen molar-refractivity contribution in [1.29, 1.82) is 0 Å². The quantitative estimate of drug-likeness (QED) is 0.685. The van der Waals surface area contributed by atoms with Gasteiger partial charge in [-0.2, -0.15) is 0 Å². The summed E-state index contributed by atoms with van der Waals surface area (Å²) < 4.78 is 5.22. The summed E-state index contributed by atoms with van der Waals surface area (Å²) in [6.07, 6.45) is 3.65. The second-order valence-corrected chi connectivity index (χ2v) is 5.76. The van der Waals surface area contributed by atoms with Crippen LogP contribution in [0.4, 0.5) is 0 Å². The summed E-state index contributed by atoms with van der Waals surface area (Å²) in [5, 5.41) is 21.0. The van der Waals surface area contributed by atoms with Crippen molar-refractivity contribution in [3.8, 4) is 0 Å². The van der Waals surface area contributed by atoms with Crippen LogP contribution in [0.2, 0.25) is 0 Å². The van der Waals surface area contributed by atoms with E-state index in [0.717, 1.165) is 25.7 Å². The molecule has 20 heavy (non-hydrogen) atoms. The molecule has 1 aliphatic carbocycles. The molecule has 0 spiro atoms. The summed E-state index contributed by atoms with van der Waals surface area (Å²) in [6.45, 7) is 0.712. The number of carbonyl (C=O) groups is 2. The molecule has 1 amide bonds. The first-order valence-electron chi connectivity index (χ1n) is 7.38. The number of ether oxygens (including phenoxy) is 1. The minimum absolute atomic E-state index is 0.168. The molecule has 1 aliphatic heterocycles. The van der Waals surface area contributed by atoms with E-state index in [1.165, 1.54) is 0 Å². The lowest BCUT2D eigenvalue weighted by molar-refractivity contribution is -0.151. The summed E-state index contributed by atoms with van der Waals surface area (Å²) >= 11 is 0. The molecule has 1 heterocycles. The Bertz CT molecular complexity index is 359. The molecule has 114 valence electrons.